The number of ketones is 1. The maximum atomic E-state index is 12.2. The summed E-state index contributed by atoms with van der Waals surface area (Å²) in [6.45, 7) is 2.15. The van der Waals surface area contributed by atoms with Gasteiger partial charge < -0.3 is 15.8 Å². The SMILES string of the molecule is CC(=O)c1ccc(C#CCCNC(=O)OCC2c3ccccc3-c3ccccc32)c(N)c1. The average molecular weight is 425 g/mol. The van der Waals surface area contributed by atoms with E-state index in [0.29, 0.717) is 29.8 Å². The lowest BCUT2D eigenvalue weighted by Gasteiger charge is -2.14. The number of fused-ring (bicyclic) bond motifs is 3. The first-order chi connectivity index (χ1) is 15.5. The second kappa shape index (κ2) is 9.40. The van der Waals surface area contributed by atoms with E-state index >= 15 is 0 Å². The van der Waals surface area contributed by atoms with Crippen molar-refractivity contribution >= 4 is 17.6 Å². The molecule has 160 valence electrons. The van der Waals surface area contributed by atoms with Gasteiger partial charge in [0.1, 0.15) is 6.61 Å². The fourth-order valence-corrected chi connectivity index (χ4v) is 3.93. The summed E-state index contributed by atoms with van der Waals surface area (Å²) in [4.78, 5) is 23.6. The summed E-state index contributed by atoms with van der Waals surface area (Å²) in [7, 11) is 0. The molecule has 0 atom stereocenters. The monoisotopic (exact) mass is 424 g/mol. The molecule has 1 aliphatic carbocycles. The summed E-state index contributed by atoms with van der Waals surface area (Å²) < 4.78 is 5.51. The minimum absolute atomic E-state index is 0.0360. The van der Waals surface area contributed by atoms with Gasteiger partial charge in [-0.3, -0.25) is 4.79 Å². The molecule has 0 spiro atoms. The molecule has 0 saturated carbocycles. The summed E-state index contributed by atoms with van der Waals surface area (Å²) in [5.41, 5.74) is 12.4. The molecule has 0 heterocycles. The van der Waals surface area contributed by atoms with E-state index in [4.69, 9.17) is 10.5 Å². The fraction of sp³-hybridized carbons (Fsp3) is 0.185. The molecule has 5 nitrogen and oxygen atoms in total. The van der Waals surface area contributed by atoms with Crippen LogP contribution in [0.5, 0.6) is 0 Å². The lowest BCUT2D eigenvalue weighted by molar-refractivity contribution is 0.101. The van der Waals surface area contributed by atoms with E-state index in [9.17, 15) is 9.59 Å². The van der Waals surface area contributed by atoms with Crippen LogP contribution in [0.4, 0.5) is 10.5 Å². The zero-order chi connectivity index (χ0) is 22.5. The molecule has 5 heteroatoms. The Morgan fingerprint density at radius 2 is 1.66 bits per heavy atom. The molecular formula is C27H24N2O3. The maximum Gasteiger partial charge on any atom is 0.407 e. The van der Waals surface area contributed by atoms with E-state index < -0.39 is 6.09 Å². The topological polar surface area (TPSA) is 81.4 Å². The Morgan fingerprint density at radius 1 is 1.00 bits per heavy atom. The molecule has 3 aromatic rings. The highest BCUT2D eigenvalue weighted by Gasteiger charge is 2.28. The van der Waals surface area contributed by atoms with Crippen LogP contribution in [-0.2, 0) is 4.74 Å². The second-order valence-electron chi connectivity index (χ2n) is 7.66. The lowest BCUT2D eigenvalue weighted by Crippen LogP contribution is -2.26. The Hall–Kier alpha value is -4.04. The maximum absolute atomic E-state index is 12.2. The Balaban J connectivity index is 1.28. The number of benzene rings is 3. The highest BCUT2D eigenvalue weighted by molar-refractivity contribution is 5.95. The Labute approximate surface area is 187 Å². The van der Waals surface area contributed by atoms with Crippen LogP contribution in [0.15, 0.2) is 66.7 Å². The van der Waals surface area contributed by atoms with Gasteiger partial charge >= 0.3 is 6.09 Å². The highest BCUT2D eigenvalue weighted by Crippen LogP contribution is 2.44. The molecule has 0 bridgehead atoms. The fourth-order valence-electron chi connectivity index (χ4n) is 3.93. The lowest BCUT2D eigenvalue weighted by atomic mass is 9.98. The third-order valence-corrected chi connectivity index (χ3v) is 5.54. The van der Waals surface area contributed by atoms with Crippen LogP contribution >= 0.6 is 0 Å². The zero-order valence-corrected chi connectivity index (χ0v) is 17.9. The first-order valence-corrected chi connectivity index (χ1v) is 10.5. The first kappa shape index (κ1) is 21.2. The number of rotatable bonds is 5. The van der Waals surface area contributed by atoms with Crippen LogP contribution < -0.4 is 11.1 Å². The van der Waals surface area contributed by atoms with Crippen LogP contribution in [0.1, 0.15) is 46.3 Å². The number of amides is 1. The number of nitrogens with one attached hydrogen (secondary N) is 1. The molecule has 3 aromatic carbocycles. The smallest absolute Gasteiger partial charge is 0.407 e. The predicted molar refractivity (Wildman–Crippen MR) is 125 cm³/mol. The van der Waals surface area contributed by atoms with Gasteiger partial charge in [-0.25, -0.2) is 4.79 Å². The quantitative estimate of drug-likeness (QED) is 0.268. The molecule has 1 aliphatic rings. The van der Waals surface area contributed by atoms with Gasteiger partial charge in [-0.2, -0.15) is 0 Å². The summed E-state index contributed by atoms with van der Waals surface area (Å²) in [6.07, 6.45) is -0.00283. The molecule has 3 N–H and O–H groups in total. The number of nitrogen functional groups attached to an aromatic ring is 1. The molecule has 0 radical (unpaired) electrons. The summed E-state index contributed by atoms with van der Waals surface area (Å²) in [5.74, 6) is 5.96. The largest absolute Gasteiger partial charge is 0.449 e. The summed E-state index contributed by atoms with van der Waals surface area (Å²) >= 11 is 0. The van der Waals surface area contributed by atoms with Crippen molar-refractivity contribution in [2.75, 3.05) is 18.9 Å². The number of ether oxygens (including phenoxy) is 1. The van der Waals surface area contributed by atoms with Crippen LogP contribution in [-0.4, -0.2) is 25.0 Å². The summed E-state index contributed by atoms with van der Waals surface area (Å²) in [6, 6.07) is 21.5. The van der Waals surface area contributed by atoms with Crippen molar-refractivity contribution in [1.29, 1.82) is 0 Å². The number of Topliss-reactive ketones (excluding diaryl/α,β-unsaturated/α-hetero) is 1. The van der Waals surface area contributed by atoms with Crippen molar-refractivity contribution in [3.8, 4) is 23.0 Å². The minimum Gasteiger partial charge on any atom is -0.449 e. The van der Waals surface area contributed by atoms with E-state index in [1.54, 1.807) is 18.2 Å². The van der Waals surface area contributed by atoms with E-state index in [1.165, 1.54) is 29.2 Å². The standard InChI is InChI=1S/C27H24N2O3/c1-18(30)20-14-13-19(26(28)16-20)8-6-7-15-29-27(31)32-17-25-23-11-4-2-9-21(23)22-10-3-5-12-24(22)25/h2-5,9-14,16,25H,7,15,17,28H2,1H3,(H,29,31). The summed E-state index contributed by atoms with van der Waals surface area (Å²) in [5, 5.41) is 2.74. The molecule has 0 unspecified atom stereocenters. The third kappa shape index (κ3) is 4.50. The second-order valence-corrected chi connectivity index (χ2v) is 7.66. The van der Waals surface area contributed by atoms with Gasteiger partial charge in [0.15, 0.2) is 5.78 Å². The third-order valence-electron chi connectivity index (χ3n) is 5.54. The molecule has 32 heavy (non-hydrogen) atoms. The first-order valence-electron chi connectivity index (χ1n) is 10.5. The van der Waals surface area contributed by atoms with E-state index in [-0.39, 0.29) is 18.3 Å². The molecule has 0 saturated heterocycles. The zero-order valence-electron chi connectivity index (χ0n) is 17.9. The van der Waals surface area contributed by atoms with E-state index in [1.807, 2.05) is 24.3 Å². The highest BCUT2D eigenvalue weighted by atomic mass is 16.5. The molecular weight excluding hydrogens is 400 g/mol. The van der Waals surface area contributed by atoms with E-state index in [2.05, 4.69) is 41.4 Å². The van der Waals surface area contributed by atoms with Gasteiger partial charge in [-0.15, -0.1) is 0 Å². The molecule has 0 aromatic heterocycles. The molecule has 0 fully saturated rings. The normalized spacial score (nSPS) is 11.7. The average Bonchev–Trinajstić information content (AvgIpc) is 3.12. The van der Waals surface area contributed by atoms with Crippen molar-refractivity contribution in [3.05, 3.63) is 89.0 Å². The van der Waals surface area contributed by atoms with Crippen LogP contribution in [0, 0.1) is 11.8 Å². The Bertz CT molecular complexity index is 1190. The van der Waals surface area contributed by atoms with Gasteiger partial charge in [0.05, 0.1) is 0 Å². The van der Waals surface area contributed by atoms with Gasteiger partial charge in [0, 0.05) is 35.7 Å². The Morgan fingerprint density at radius 3 is 2.28 bits per heavy atom. The van der Waals surface area contributed by atoms with E-state index in [0.717, 1.165) is 0 Å². The molecule has 1 amide bonds. The van der Waals surface area contributed by atoms with Crippen molar-refractivity contribution in [1.82, 2.24) is 5.32 Å². The van der Waals surface area contributed by atoms with Gasteiger partial charge in [-0.05, 0) is 41.3 Å². The predicted octanol–water partition coefficient (Wildman–Crippen LogP) is 4.75. The van der Waals surface area contributed by atoms with Crippen LogP contribution in [0.3, 0.4) is 0 Å². The molecule has 0 aliphatic heterocycles. The van der Waals surface area contributed by atoms with Gasteiger partial charge in [-0.1, -0.05) is 66.4 Å². The number of anilines is 1. The van der Waals surface area contributed by atoms with Gasteiger partial charge in [0.25, 0.3) is 0 Å². The number of carbonyl (C=O) groups excluding carboxylic acids is 2. The number of nitrogens with two attached hydrogens (primary N) is 1. The van der Waals surface area contributed by atoms with Gasteiger partial charge in [0.2, 0.25) is 0 Å². The van der Waals surface area contributed by atoms with Crippen molar-refractivity contribution < 1.29 is 14.3 Å². The number of hydrogen-bond donors (Lipinski definition) is 2. The molecule has 4 rings (SSSR count). The Kier molecular flexibility index (Phi) is 6.23. The number of hydrogen-bond acceptors (Lipinski definition) is 4. The minimum atomic E-state index is -0.459. The van der Waals surface area contributed by atoms with Crippen LogP contribution in [0.2, 0.25) is 0 Å². The van der Waals surface area contributed by atoms with Crippen molar-refractivity contribution in [2.24, 2.45) is 0 Å². The number of alkyl carbamates (subject to hydrolysis) is 1. The van der Waals surface area contributed by atoms with Crippen molar-refractivity contribution in [3.63, 3.8) is 0 Å². The van der Waals surface area contributed by atoms with Crippen LogP contribution in [0.25, 0.3) is 11.1 Å². The van der Waals surface area contributed by atoms with Crippen molar-refractivity contribution in [2.45, 2.75) is 19.3 Å². The number of carbonyl (C=O) groups is 2.